The Morgan fingerprint density at radius 2 is 2.00 bits per heavy atom. The van der Waals surface area contributed by atoms with E-state index >= 15 is 0 Å². The Morgan fingerprint density at radius 1 is 1.19 bits per heavy atom. The van der Waals surface area contributed by atoms with Gasteiger partial charge in [-0.2, -0.15) is 0 Å². The number of aromatic nitrogens is 2. The molecule has 0 saturated heterocycles. The van der Waals surface area contributed by atoms with E-state index in [2.05, 4.69) is 54.3 Å². The molecule has 0 aliphatic rings. The number of hydrogen-bond acceptors (Lipinski definition) is 4. The molecule has 21 heavy (non-hydrogen) atoms. The summed E-state index contributed by atoms with van der Waals surface area (Å²) in [6.07, 6.45) is 3.49. The van der Waals surface area contributed by atoms with Gasteiger partial charge in [0, 0.05) is 6.54 Å². The van der Waals surface area contributed by atoms with Crippen molar-refractivity contribution in [1.29, 1.82) is 0 Å². The maximum absolute atomic E-state index is 5.89. The van der Waals surface area contributed by atoms with Gasteiger partial charge in [0.2, 0.25) is 0 Å². The third-order valence-electron chi connectivity index (χ3n) is 3.32. The molecule has 0 aliphatic carbocycles. The standard InChI is InChI=1S/C17H23N3O/c1-5-18-17-10-19-15(9-20-17)11-21-16-8-14(12(2)3)7-6-13(16)4/h6-10,12H,5,11H2,1-4H3,(H,18,20). The smallest absolute Gasteiger partial charge is 0.144 e. The Morgan fingerprint density at radius 3 is 2.62 bits per heavy atom. The Balaban J connectivity index is 2.03. The normalized spacial score (nSPS) is 10.7. The van der Waals surface area contributed by atoms with E-state index in [1.807, 2.05) is 6.92 Å². The summed E-state index contributed by atoms with van der Waals surface area (Å²) < 4.78 is 5.89. The average Bonchev–Trinajstić information content (AvgIpc) is 2.48. The van der Waals surface area contributed by atoms with E-state index in [0.717, 1.165) is 29.4 Å². The number of nitrogens with zero attached hydrogens (tertiary/aromatic N) is 2. The topological polar surface area (TPSA) is 47.0 Å². The molecule has 0 unspecified atom stereocenters. The summed E-state index contributed by atoms with van der Waals surface area (Å²) in [5, 5.41) is 3.12. The van der Waals surface area contributed by atoms with Gasteiger partial charge < -0.3 is 10.1 Å². The van der Waals surface area contributed by atoms with Gasteiger partial charge in [0.1, 0.15) is 18.2 Å². The summed E-state index contributed by atoms with van der Waals surface area (Å²) in [5.74, 6) is 2.20. The minimum absolute atomic E-state index is 0.432. The fourth-order valence-electron chi connectivity index (χ4n) is 1.98. The van der Waals surface area contributed by atoms with Crippen molar-refractivity contribution >= 4 is 5.82 Å². The number of aryl methyl sites for hydroxylation is 1. The monoisotopic (exact) mass is 285 g/mol. The molecule has 0 bridgehead atoms. The highest BCUT2D eigenvalue weighted by molar-refractivity contribution is 5.38. The predicted octanol–water partition coefficient (Wildman–Crippen LogP) is 3.92. The molecule has 4 nitrogen and oxygen atoms in total. The van der Waals surface area contributed by atoms with Gasteiger partial charge in [0.15, 0.2) is 0 Å². The van der Waals surface area contributed by atoms with E-state index < -0.39 is 0 Å². The summed E-state index contributed by atoms with van der Waals surface area (Å²) in [5.41, 5.74) is 3.24. The van der Waals surface area contributed by atoms with Crippen molar-refractivity contribution in [3.63, 3.8) is 0 Å². The van der Waals surface area contributed by atoms with Crippen molar-refractivity contribution in [1.82, 2.24) is 9.97 Å². The molecule has 0 atom stereocenters. The molecule has 4 heteroatoms. The average molecular weight is 285 g/mol. The summed E-state index contributed by atoms with van der Waals surface area (Å²) >= 11 is 0. The molecule has 0 radical (unpaired) electrons. The van der Waals surface area contributed by atoms with Gasteiger partial charge in [-0.1, -0.05) is 26.0 Å². The first kappa shape index (κ1) is 15.3. The second kappa shape index (κ2) is 7.07. The molecule has 1 heterocycles. The SMILES string of the molecule is CCNc1cnc(COc2cc(C(C)C)ccc2C)cn1. The summed E-state index contributed by atoms with van der Waals surface area (Å²) in [7, 11) is 0. The van der Waals surface area contributed by atoms with Crippen LogP contribution in [0.2, 0.25) is 0 Å². The maximum Gasteiger partial charge on any atom is 0.144 e. The Bertz CT molecular complexity index is 579. The Hall–Kier alpha value is -2.10. The molecule has 2 rings (SSSR count). The molecular weight excluding hydrogens is 262 g/mol. The first-order valence-electron chi connectivity index (χ1n) is 7.38. The van der Waals surface area contributed by atoms with Gasteiger partial charge in [0.25, 0.3) is 0 Å². The lowest BCUT2D eigenvalue weighted by Crippen LogP contribution is -2.04. The van der Waals surface area contributed by atoms with Crippen LogP contribution in [0.25, 0.3) is 0 Å². The van der Waals surface area contributed by atoms with Crippen LogP contribution in [0.1, 0.15) is 43.5 Å². The summed E-state index contributed by atoms with van der Waals surface area (Å²) in [4.78, 5) is 8.64. The van der Waals surface area contributed by atoms with E-state index in [1.54, 1.807) is 12.4 Å². The van der Waals surface area contributed by atoms with Crippen LogP contribution >= 0.6 is 0 Å². The van der Waals surface area contributed by atoms with Crippen molar-refractivity contribution in [3.8, 4) is 5.75 Å². The van der Waals surface area contributed by atoms with E-state index in [0.29, 0.717) is 12.5 Å². The lowest BCUT2D eigenvalue weighted by molar-refractivity contribution is 0.298. The molecule has 1 N–H and O–H groups in total. The zero-order valence-corrected chi connectivity index (χ0v) is 13.2. The van der Waals surface area contributed by atoms with Crippen molar-refractivity contribution in [3.05, 3.63) is 47.4 Å². The van der Waals surface area contributed by atoms with Gasteiger partial charge in [0.05, 0.1) is 18.1 Å². The van der Waals surface area contributed by atoms with E-state index in [9.17, 15) is 0 Å². The third-order valence-corrected chi connectivity index (χ3v) is 3.32. The van der Waals surface area contributed by atoms with Crippen LogP contribution in [0, 0.1) is 6.92 Å². The fourth-order valence-corrected chi connectivity index (χ4v) is 1.98. The lowest BCUT2D eigenvalue weighted by Gasteiger charge is -2.12. The molecule has 0 amide bonds. The molecule has 0 fully saturated rings. The number of rotatable bonds is 6. The van der Waals surface area contributed by atoms with Gasteiger partial charge in [-0.25, -0.2) is 4.98 Å². The number of hydrogen-bond donors (Lipinski definition) is 1. The first-order valence-corrected chi connectivity index (χ1v) is 7.38. The minimum Gasteiger partial charge on any atom is -0.487 e. The highest BCUT2D eigenvalue weighted by Crippen LogP contribution is 2.24. The third kappa shape index (κ3) is 4.18. The molecule has 1 aromatic carbocycles. The van der Waals surface area contributed by atoms with Crippen molar-refractivity contribution in [2.75, 3.05) is 11.9 Å². The van der Waals surface area contributed by atoms with Gasteiger partial charge in [-0.3, -0.25) is 4.98 Å². The van der Waals surface area contributed by atoms with Crippen LogP contribution in [0.5, 0.6) is 5.75 Å². The molecular formula is C17H23N3O. The number of ether oxygens (including phenoxy) is 1. The van der Waals surface area contributed by atoms with E-state index in [4.69, 9.17) is 4.74 Å². The predicted molar refractivity (Wildman–Crippen MR) is 85.8 cm³/mol. The second-order valence-corrected chi connectivity index (χ2v) is 5.39. The Labute approximate surface area is 126 Å². The number of benzene rings is 1. The largest absolute Gasteiger partial charge is 0.487 e. The second-order valence-electron chi connectivity index (χ2n) is 5.39. The van der Waals surface area contributed by atoms with Crippen molar-refractivity contribution in [2.45, 2.75) is 40.2 Å². The highest BCUT2D eigenvalue weighted by atomic mass is 16.5. The number of nitrogens with one attached hydrogen (secondary N) is 1. The molecule has 1 aromatic heterocycles. The van der Waals surface area contributed by atoms with Crippen LogP contribution in [0.15, 0.2) is 30.6 Å². The van der Waals surface area contributed by atoms with Gasteiger partial charge in [-0.05, 0) is 37.0 Å². The van der Waals surface area contributed by atoms with E-state index in [1.165, 1.54) is 5.56 Å². The Kier molecular flexibility index (Phi) is 5.14. The van der Waals surface area contributed by atoms with Crippen LogP contribution in [0.3, 0.4) is 0 Å². The van der Waals surface area contributed by atoms with Crippen LogP contribution in [-0.2, 0) is 6.61 Å². The first-order chi connectivity index (χ1) is 10.1. The van der Waals surface area contributed by atoms with Crippen LogP contribution in [-0.4, -0.2) is 16.5 Å². The lowest BCUT2D eigenvalue weighted by atomic mass is 10.0. The molecule has 2 aromatic rings. The van der Waals surface area contributed by atoms with Crippen molar-refractivity contribution in [2.24, 2.45) is 0 Å². The molecule has 0 saturated carbocycles. The summed E-state index contributed by atoms with van der Waals surface area (Å²) in [6.45, 7) is 9.72. The summed E-state index contributed by atoms with van der Waals surface area (Å²) in [6, 6.07) is 6.36. The van der Waals surface area contributed by atoms with Gasteiger partial charge in [-0.15, -0.1) is 0 Å². The fraction of sp³-hybridized carbons (Fsp3) is 0.412. The van der Waals surface area contributed by atoms with Gasteiger partial charge >= 0.3 is 0 Å². The van der Waals surface area contributed by atoms with Crippen molar-refractivity contribution < 1.29 is 4.74 Å². The highest BCUT2D eigenvalue weighted by Gasteiger charge is 2.06. The van der Waals surface area contributed by atoms with Crippen LogP contribution < -0.4 is 10.1 Å². The number of anilines is 1. The quantitative estimate of drug-likeness (QED) is 0.874. The zero-order valence-electron chi connectivity index (χ0n) is 13.2. The van der Waals surface area contributed by atoms with E-state index in [-0.39, 0.29) is 0 Å². The van der Waals surface area contributed by atoms with Crippen LogP contribution in [0.4, 0.5) is 5.82 Å². The maximum atomic E-state index is 5.89. The minimum atomic E-state index is 0.432. The molecule has 0 aliphatic heterocycles. The zero-order chi connectivity index (χ0) is 15.2. The molecule has 112 valence electrons. The molecule has 0 spiro atoms.